The van der Waals surface area contributed by atoms with Crippen LogP contribution in [0.1, 0.15) is 11.1 Å². The van der Waals surface area contributed by atoms with Crippen LogP contribution < -0.4 is 0 Å². The number of rotatable bonds is 0. The van der Waals surface area contributed by atoms with Gasteiger partial charge in [-0.15, -0.1) is 0 Å². The Morgan fingerprint density at radius 3 is 2.83 bits per heavy atom. The average molecular weight is 231 g/mol. The second-order valence-electron chi connectivity index (χ2n) is 2.66. The third kappa shape index (κ3) is 1.00. The van der Waals surface area contributed by atoms with E-state index in [1.165, 1.54) is 6.07 Å². The monoisotopic (exact) mass is 230 g/mol. The molecule has 62 valence electrons. The van der Waals surface area contributed by atoms with Crippen molar-refractivity contribution in [2.24, 2.45) is 0 Å². The Hall–Kier alpha value is -0.700. The van der Waals surface area contributed by atoms with Gasteiger partial charge in [-0.3, -0.25) is 0 Å². The van der Waals surface area contributed by atoms with Crippen LogP contribution in [-0.2, 0) is 6.42 Å². The lowest BCUT2D eigenvalue weighted by molar-refractivity contribution is 0.564. The van der Waals surface area contributed by atoms with E-state index >= 15 is 0 Å². The quantitative estimate of drug-likeness (QED) is 0.601. The van der Waals surface area contributed by atoms with E-state index in [1.807, 2.05) is 6.08 Å². The zero-order chi connectivity index (χ0) is 8.72. The van der Waals surface area contributed by atoms with Crippen LogP contribution in [0.5, 0.6) is 0 Å². The molecule has 0 aliphatic heterocycles. The predicted octanol–water partition coefficient (Wildman–Crippen LogP) is 3.30. The summed E-state index contributed by atoms with van der Waals surface area (Å²) in [5.41, 5.74) is 1.22. The summed E-state index contributed by atoms with van der Waals surface area (Å²) in [4.78, 5) is 0. The summed E-state index contributed by atoms with van der Waals surface area (Å²) in [5.74, 6) is -1.02. The number of halogens is 3. The van der Waals surface area contributed by atoms with E-state index < -0.39 is 11.6 Å². The molecule has 0 unspecified atom stereocenters. The Kier molecular flexibility index (Phi) is 1.76. The molecule has 1 aromatic rings. The molecule has 0 N–H and O–H groups in total. The fourth-order valence-electron chi connectivity index (χ4n) is 1.31. The number of allylic oxidation sites excluding steroid dienone is 1. The summed E-state index contributed by atoms with van der Waals surface area (Å²) in [5, 5.41) is 0. The van der Waals surface area contributed by atoms with Crippen LogP contribution in [0.2, 0.25) is 0 Å². The van der Waals surface area contributed by atoms with Crippen molar-refractivity contribution in [2.75, 3.05) is 0 Å². The van der Waals surface area contributed by atoms with Crippen LogP contribution in [0.3, 0.4) is 0 Å². The maximum Gasteiger partial charge on any atom is 0.144 e. The highest BCUT2D eigenvalue weighted by atomic mass is 79.9. The largest absolute Gasteiger partial charge is 0.206 e. The second kappa shape index (κ2) is 2.66. The van der Waals surface area contributed by atoms with E-state index in [-0.39, 0.29) is 4.47 Å². The van der Waals surface area contributed by atoms with Crippen molar-refractivity contribution < 1.29 is 8.78 Å². The number of benzene rings is 1. The third-order valence-electron chi connectivity index (χ3n) is 1.92. The first-order valence-corrected chi connectivity index (χ1v) is 4.32. The first-order valence-electron chi connectivity index (χ1n) is 3.53. The Bertz CT molecular complexity index is 369. The average Bonchev–Trinajstić information content (AvgIpc) is 2.48. The topological polar surface area (TPSA) is 0 Å². The molecular formula is C9H5BrF2. The standard InChI is InChI=1S/C9H5BrF2/c10-8-7(11)4-5-2-1-3-6(5)9(8)12/h1-2,4H,3H2. The summed E-state index contributed by atoms with van der Waals surface area (Å²) >= 11 is 2.85. The molecule has 3 heteroatoms. The van der Waals surface area contributed by atoms with E-state index in [9.17, 15) is 8.78 Å². The Balaban J connectivity index is 2.72. The molecule has 0 amide bonds. The van der Waals surface area contributed by atoms with Crippen molar-refractivity contribution in [2.45, 2.75) is 6.42 Å². The fourth-order valence-corrected chi connectivity index (χ4v) is 1.66. The zero-order valence-corrected chi connectivity index (χ0v) is 7.66. The van der Waals surface area contributed by atoms with Gasteiger partial charge in [0.25, 0.3) is 0 Å². The zero-order valence-electron chi connectivity index (χ0n) is 6.07. The van der Waals surface area contributed by atoms with Crippen LogP contribution in [0.15, 0.2) is 16.6 Å². The molecule has 0 heterocycles. The lowest BCUT2D eigenvalue weighted by atomic mass is 10.1. The molecule has 0 nitrogen and oxygen atoms in total. The Labute approximate surface area is 77.0 Å². The number of hydrogen-bond acceptors (Lipinski definition) is 0. The Morgan fingerprint density at radius 2 is 2.08 bits per heavy atom. The van der Waals surface area contributed by atoms with Gasteiger partial charge in [-0.25, -0.2) is 8.78 Å². The highest BCUT2D eigenvalue weighted by Crippen LogP contribution is 2.30. The number of hydrogen-bond donors (Lipinski definition) is 0. The predicted molar refractivity (Wildman–Crippen MR) is 46.8 cm³/mol. The van der Waals surface area contributed by atoms with Gasteiger partial charge >= 0.3 is 0 Å². The first-order chi connectivity index (χ1) is 5.70. The van der Waals surface area contributed by atoms with Crippen LogP contribution in [0, 0.1) is 11.6 Å². The van der Waals surface area contributed by atoms with Crippen LogP contribution >= 0.6 is 15.9 Å². The molecule has 0 aromatic heterocycles. The van der Waals surface area contributed by atoms with Crippen molar-refractivity contribution in [1.82, 2.24) is 0 Å². The van der Waals surface area contributed by atoms with Crippen LogP contribution in [0.4, 0.5) is 8.78 Å². The van der Waals surface area contributed by atoms with E-state index in [4.69, 9.17) is 0 Å². The first kappa shape index (κ1) is 7.92. The van der Waals surface area contributed by atoms with Crippen LogP contribution in [0.25, 0.3) is 6.08 Å². The van der Waals surface area contributed by atoms with Crippen molar-refractivity contribution in [3.05, 3.63) is 39.4 Å². The van der Waals surface area contributed by atoms with Gasteiger partial charge in [0.1, 0.15) is 11.6 Å². The lowest BCUT2D eigenvalue weighted by Gasteiger charge is -2.03. The summed E-state index contributed by atoms with van der Waals surface area (Å²) in [6, 6.07) is 1.34. The highest BCUT2D eigenvalue weighted by Gasteiger charge is 2.16. The van der Waals surface area contributed by atoms with Crippen molar-refractivity contribution >= 4 is 22.0 Å². The van der Waals surface area contributed by atoms with E-state index in [2.05, 4.69) is 15.9 Å². The van der Waals surface area contributed by atoms with Gasteiger partial charge in [-0.2, -0.15) is 0 Å². The summed E-state index contributed by atoms with van der Waals surface area (Å²) in [6.45, 7) is 0. The molecule has 0 fully saturated rings. The Morgan fingerprint density at radius 1 is 1.33 bits per heavy atom. The number of fused-ring (bicyclic) bond motifs is 1. The molecule has 0 saturated heterocycles. The van der Waals surface area contributed by atoms with Gasteiger partial charge in [0.2, 0.25) is 0 Å². The van der Waals surface area contributed by atoms with E-state index in [0.29, 0.717) is 17.5 Å². The van der Waals surface area contributed by atoms with Crippen molar-refractivity contribution in [3.63, 3.8) is 0 Å². The van der Waals surface area contributed by atoms with Crippen molar-refractivity contribution in [3.8, 4) is 0 Å². The molecule has 0 spiro atoms. The minimum atomic E-state index is -0.544. The van der Waals surface area contributed by atoms with Crippen LogP contribution in [-0.4, -0.2) is 0 Å². The minimum absolute atomic E-state index is 0.0649. The maximum atomic E-state index is 13.2. The van der Waals surface area contributed by atoms with Gasteiger partial charge < -0.3 is 0 Å². The van der Waals surface area contributed by atoms with Gasteiger partial charge in [-0.05, 0) is 34.0 Å². The molecule has 0 atom stereocenters. The second-order valence-corrected chi connectivity index (χ2v) is 3.45. The van der Waals surface area contributed by atoms with Gasteiger partial charge in [0.15, 0.2) is 0 Å². The molecule has 0 radical (unpaired) electrons. The smallest absolute Gasteiger partial charge is 0.144 e. The molecule has 1 aliphatic carbocycles. The maximum absolute atomic E-state index is 13.2. The van der Waals surface area contributed by atoms with Crippen molar-refractivity contribution in [1.29, 1.82) is 0 Å². The summed E-state index contributed by atoms with van der Waals surface area (Å²) in [7, 11) is 0. The third-order valence-corrected chi connectivity index (χ3v) is 2.64. The molecule has 1 aromatic carbocycles. The fraction of sp³-hybridized carbons (Fsp3) is 0.111. The molecule has 12 heavy (non-hydrogen) atoms. The molecule has 0 bridgehead atoms. The van der Waals surface area contributed by atoms with E-state index in [0.717, 1.165) is 0 Å². The SMILES string of the molecule is Fc1cc2c(c(F)c1Br)CC=C2. The summed E-state index contributed by atoms with van der Waals surface area (Å²) < 4.78 is 26.1. The molecule has 0 saturated carbocycles. The highest BCUT2D eigenvalue weighted by molar-refractivity contribution is 9.10. The minimum Gasteiger partial charge on any atom is -0.206 e. The lowest BCUT2D eigenvalue weighted by Crippen LogP contribution is -1.93. The van der Waals surface area contributed by atoms with Gasteiger partial charge in [0, 0.05) is 5.56 Å². The summed E-state index contributed by atoms with van der Waals surface area (Å²) in [6.07, 6.45) is 4.10. The normalized spacial score (nSPS) is 13.6. The van der Waals surface area contributed by atoms with E-state index in [1.54, 1.807) is 6.08 Å². The molecule has 1 aliphatic rings. The van der Waals surface area contributed by atoms with Gasteiger partial charge in [-0.1, -0.05) is 12.2 Å². The molecule has 2 rings (SSSR count). The van der Waals surface area contributed by atoms with Gasteiger partial charge in [0.05, 0.1) is 4.47 Å². The molecular weight excluding hydrogens is 226 g/mol.